The number of halogens is 1. The van der Waals surface area contributed by atoms with E-state index in [1.807, 2.05) is 54.6 Å². The second-order valence-electron chi connectivity index (χ2n) is 8.73. The summed E-state index contributed by atoms with van der Waals surface area (Å²) in [4.78, 5) is 28.8. The van der Waals surface area contributed by atoms with Gasteiger partial charge in [0, 0.05) is 11.3 Å². The van der Waals surface area contributed by atoms with E-state index in [0.717, 1.165) is 24.0 Å². The van der Waals surface area contributed by atoms with Crippen LogP contribution in [0.15, 0.2) is 82.7 Å². The third kappa shape index (κ3) is 5.34. The van der Waals surface area contributed by atoms with Crippen LogP contribution in [0.25, 0.3) is 17.2 Å². The normalized spacial score (nSPS) is 17.5. The molecule has 0 aromatic heterocycles. The SMILES string of the molecule is O=C1N=C(Nc2ccc(C3(C(=O)O)CCCC3)cc2)S/C1=C/c1ccc(-c2ccccc2)c(F)c1.[NaH]. The molecule has 178 valence electrons. The Morgan fingerprint density at radius 3 is 2.36 bits per heavy atom. The number of aliphatic carboxylic acids is 1. The molecule has 0 radical (unpaired) electrons. The van der Waals surface area contributed by atoms with E-state index in [4.69, 9.17) is 0 Å². The average Bonchev–Trinajstić information content (AvgIpc) is 3.48. The standard InChI is InChI=1S/C28H23FN2O3S.Na.H/c29-23-16-18(8-13-22(23)19-6-2-1-3-7-19)17-24-25(32)31-27(35-24)30-21-11-9-20(10-12-21)28(26(33)34)14-4-5-15-28;;/h1-3,6-13,16-17H,4-5,14-15H2,(H,33,34)(H,30,31,32);;/b24-17+;;. The van der Waals surface area contributed by atoms with Gasteiger partial charge in [-0.3, -0.25) is 9.59 Å². The van der Waals surface area contributed by atoms with Crippen LogP contribution >= 0.6 is 11.8 Å². The van der Waals surface area contributed by atoms with Crippen LogP contribution in [0.2, 0.25) is 0 Å². The fraction of sp³-hybridized carbons (Fsp3) is 0.179. The van der Waals surface area contributed by atoms with Crippen LogP contribution in [0.5, 0.6) is 0 Å². The monoisotopic (exact) mass is 510 g/mol. The Hall–Kier alpha value is -2.71. The Morgan fingerprint density at radius 2 is 1.72 bits per heavy atom. The van der Waals surface area contributed by atoms with Crippen molar-refractivity contribution in [3.05, 3.63) is 94.6 Å². The molecule has 1 saturated carbocycles. The first-order chi connectivity index (χ1) is 16.9. The van der Waals surface area contributed by atoms with Crippen LogP contribution in [-0.4, -0.2) is 51.7 Å². The molecular formula is C28H24FN2NaO3S. The number of hydrogen-bond donors (Lipinski definition) is 2. The first kappa shape index (κ1) is 26.4. The average molecular weight is 511 g/mol. The molecule has 5 nitrogen and oxygen atoms in total. The van der Waals surface area contributed by atoms with Crippen LogP contribution in [0.1, 0.15) is 36.8 Å². The van der Waals surface area contributed by atoms with Gasteiger partial charge in [0.05, 0.1) is 10.3 Å². The number of hydrogen-bond acceptors (Lipinski definition) is 4. The van der Waals surface area contributed by atoms with Gasteiger partial charge in [0.15, 0.2) is 5.17 Å². The Labute approximate surface area is 235 Å². The van der Waals surface area contributed by atoms with E-state index in [0.29, 0.717) is 39.7 Å². The minimum absolute atomic E-state index is 0. The quantitative estimate of drug-likeness (QED) is 0.334. The number of amides is 1. The molecule has 8 heteroatoms. The zero-order chi connectivity index (χ0) is 24.4. The molecule has 5 rings (SSSR count). The maximum atomic E-state index is 14.7. The zero-order valence-electron chi connectivity index (χ0n) is 18.8. The number of carbonyl (C=O) groups excluding carboxylic acids is 1. The number of benzene rings is 3. The van der Waals surface area contributed by atoms with Crippen molar-refractivity contribution in [2.45, 2.75) is 31.1 Å². The number of carbonyl (C=O) groups is 2. The summed E-state index contributed by atoms with van der Waals surface area (Å²) in [5.74, 6) is -1.53. The Morgan fingerprint density at radius 1 is 1.03 bits per heavy atom. The zero-order valence-corrected chi connectivity index (χ0v) is 19.6. The summed E-state index contributed by atoms with van der Waals surface area (Å²) in [6, 6.07) is 21.5. The van der Waals surface area contributed by atoms with Crippen molar-refractivity contribution in [3.8, 4) is 11.1 Å². The van der Waals surface area contributed by atoms with Gasteiger partial charge in [-0.05, 0) is 65.6 Å². The number of aliphatic imine (C=N–C) groups is 1. The molecule has 0 atom stereocenters. The van der Waals surface area contributed by atoms with Gasteiger partial charge in [-0.25, -0.2) is 4.39 Å². The van der Waals surface area contributed by atoms with Gasteiger partial charge in [-0.2, -0.15) is 4.99 Å². The molecule has 1 heterocycles. The van der Waals surface area contributed by atoms with Gasteiger partial charge in [-0.1, -0.05) is 67.4 Å². The molecule has 2 N–H and O–H groups in total. The van der Waals surface area contributed by atoms with Gasteiger partial charge in [0.1, 0.15) is 5.82 Å². The van der Waals surface area contributed by atoms with Gasteiger partial charge in [0.25, 0.3) is 5.91 Å². The molecular weight excluding hydrogens is 486 g/mol. The second kappa shape index (κ2) is 11.1. The van der Waals surface area contributed by atoms with Crippen molar-refractivity contribution in [2.24, 2.45) is 4.99 Å². The number of nitrogens with zero attached hydrogens (tertiary/aromatic N) is 1. The Bertz CT molecular complexity index is 1350. The molecule has 0 saturated heterocycles. The van der Waals surface area contributed by atoms with E-state index in [1.165, 1.54) is 17.8 Å². The van der Waals surface area contributed by atoms with Gasteiger partial charge >= 0.3 is 35.5 Å². The van der Waals surface area contributed by atoms with Crippen LogP contribution in [0, 0.1) is 5.82 Å². The number of carboxylic acid groups (broad SMARTS) is 1. The molecule has 3 aromatic rings. The van der Waals surface area contributed by atoms with Crippen LogP contribution in [0.4, 0.5) is 10.1 Å². The van der Waals surface area contributed by atoms with E-state index < -0.39 is 17.3 Å². The van der Waals surface area contributed by atoms with Gasteiger partial charge < -0.3 is 10.4 Å². The molecule has 1 fully saturated rings. The minimum atomic E-state index is -0.810. The van der Waals surface area contributed by atoms with E-state index in [9.17, 15) is 19.1 Å². The third-order valence-electron chi connectivity index (χ3n) is 6.55. The summed E-state index contributed by atoms with van der Waals surface area (Å²) in [6.07, 6.45) is 4.75. The van der Waals surface area contributed by atoms with Gasteiger partial charge in [0.2, 0.25) is 0 Å². The number of carboxylic acids is 1. The number of amidine groups is 1. The molecule has 0 spiro atoms. The Balaban J connectivity index is 0.00000304. The topological polar surface area (TPSA) is 78.8 Å². The Kier molecular flexibility index (Phi) is 8.15. The third-order valence-corrected chi connectivity index (χ3v) is 7.45. The summed E-state index contributed by atoms with van der Waals surface area (Å²) in [6.45, 7) is 0. The van der Waals surface area contributed by atoms with Crippen molar-refractivity contribution in [3.63, 3.8) is 0 Å². The number of nitrogens with one attached hydrogen (secondary N) is 1. The predicted octanol–water partition coefficient (Wildman–Crippen LogP) is 5.82. The molecule has 1 amide bonds. The number of thioether (sulfide) groups is 1. The molecule has 0 bridgehead atoms. The summed E-state index contributed by atoms with van der Waals surface area (Å²) in [5.41, 5.74) is 2.57. The summed E-state index contributed by atoms with van der Waals surface area (Å²) in [7, 11) is 0. The second-order valence-corrected chi connectivity index (χ2v) is 9.77. The number of rotatable bonds is 5. The molecule has 3 aromatic carbocycles. The fourth-order valence-corrected chi connectivity index (χ4v) is 5.52. The van der Waals surface area contributed by atoms with Crippen molar-refractivity contribution >= 4 is 70.1 Å². The van der Waals surface area contributed by atoms with E-state index in [-0.39, 0.29) is 35.4 Å². The van der Waals surface area contributed by atoms with E-state index in [1.54, 1.807) is 18.2 Å². The van der Waals surface area contributed by atoms with Crippen molar-refractivity contribution < 1.29 is 19.1 Å². The molecule has 2 aliphatic rings. The number of anilines is 1. The summed E-state index contributed by atoms with van der Waals surface area (Å²) < 4.78 is 14.7. The van der Waals surface area contributed by atoms with Crippen LogP contribution in [0.3, 0.4) is 0 Å². The maximum absolute atomic E-state index is 14.7. The first-order valence-electron chi connectivity index (χ1n) is 11.4. The van der Waals surface area contributed by atoms with Crippen LogP contribution < -0.4 is 5.32 Å². The molecule has 36 heavy (non-hydrogen) atoms. The van der Waals surface area contributed by atoms with Crippen molar-refractivity contribution in [1.29, 1.82) is 0 Å². The predicted molar refractivity (Wildman–Crippen MR) is 145 cm³/mol. The van der Waals surface area contributed by atoms with E-state index in [2.05, 4.69) is 10.3 Å². The van der Waals surface area contributed by atoms with Crippen molar-refractivity contribution in [2.75, 3.05) is 5.32 Å². The van der Waals surface area contributed by atoms with Crippen LogP contribution in [-0.2, 0) is 15.0 Å². The molecule has 1 aliphatic heterocycles. The molecule has 1 aliphatic carbocycles. The van der Waals surface area contributed by atoms with Crippen molar-refractivity contribution in [1.82, 2.24) is 0 Å². The molecule has 0 unspecified atom stereocenters. The summed E-state index contributed by atoms with van der Waals surface area (Å²) in [5, 5.41) is 13.3. The van der Waals surface area contributed by atoms with Gasteiger partial charge in [-0.15, -0.1) is 0 Å². The first-order valence-corrected chi connectivity index (χ1v) is 12.2. The fourth-order valence-electron chi connectivity index (χ4n) is 4.69. The summed E-state index contributed by atoms with van der Waals surface area (Å²) >= 11 is 1.18. The van der Waals surface area contributed by atoms with E-state index >= 15 is 0 Å².